The summed E-state index contributed by atoms with van der Waals surface area (Å²) in [4.78, 5) is 25.0. The number of sulfonamides is 1. The van der Waals surface area contributed by atoms with Gasteiger partial charge in [-0.15, -0.1) is 0 Å². The fourth-order valence-corrected chi connectivity index (χ4v) is 5.38. The highest BCUT2D eigenvalue weighted by molar-refractivity contribution is 7.92. The van der Waals surface area contributed by atoms with Gasteiger partial charge in [-0.25, -0.2) is 13.8 Å². The number of rotatable bonds is 12. The van der Waals surface area contributed by atoms with Crippen LogP contribution in [-0.2, 0) is 19.6 Å². The molecule has 0 heterocycles. The van der Waals surface area contributed by atoms with Crippen molar-refractivity contribution < 1.29 is 27.5 Å². The van der Waals surface area contributed by atoms with Crippen LogP contribution in [0, 0.1) is 0 Å². The standard InChI is InChI=1S/C30H27ClN4O6S/c1-40-28-14-8-7-13-27(28)35(42(38,39)24-9-3-2-4-10-24)20-29(36)34-32-19-22-15-17-23(18-16-22)41-21-30(37)33-26-12-6-5-11-25(26)31/h2-19H,20-21H2,1H3,(H,33,37)(H,34,36)/b32-19-. The number of hydrogen-bond donors (Lipinski definition) is 2. The first kappa shape index (κ1) is 30.1. The number of nitrogens with zero attached hydrogens (tertiary/aromatic N) is 2. The van der Waals surface area contributed by atoms with Crippen molar-refractivity contribution in [2.75, 3.05) is 29.9 Å². The minimum atomic E-state index is -4.10. The van der Waals surface area contributed by atoms with Crippen molar-refractivity contribution in [2.24, 2.45) is 5.10 Å². The van der Waals surface area contributed by atoms with Crippen LogP contribution in [0.15, 0.2) is 113 Å². The Morgan fingerprint density at radius 2 is 1.55 bits per heavy atom. The van der Waals surface area contributed by atoms with Gasteiger partial charge in [0.25, 0.3) is 21.8 Å². The van der Waals surface area contributed by atoms with E-state index in [4.69, 9.17) is 21.1 Å². The van der Waals surface area contributed by atoms with Crippen molar-refractivity contribution in [1.82, 2.24) is 5.43 Å². The summed E-state index contributed by atoms with van der Waals surface area (Å²) >= 11 is 6.05. The van der Waals surface area contributed by atoms with E-state index in [1.807, 2.05) is 0 Å². The van der Waals surface area contributed by atoms with E-state index in [-0.39, 0.29) is 28.8 Å². The Morgan fingerprint density at radius 3 is 2.26 bits per heavy atom. The summed E-state index contributed by atoms with van der Waals surface area (Å²) in [5.74, 6) is -0.296. The SMILES string of the molecule is COc1ccccc1N(CC(=O)N/N=C\c1ccc(OCC(=O)Nc2ccccc2Cl)cc1)S(=O)(=O)c1ccccc1. The number of halogens is 1. The zero-order chi connectivity index (χ0) is 30.0. The van der Waals surface area contributed by atoms with Gasteiger partial charge in [0.15, 0.2) is 6.61 Å². The molecule has 4 rings (SSSR count). The van der Waals surface area contributed by atoms with Gasteiger partial charge in [0, 0.05) is 0 Å². The smallest absolute Gasteiger partial charge is 0.264 e. The number of methoxy groups -OCH3 is 1. The average molecular weight is 607 g/mol. The fraction of sp³-hybridized carbons (Fsp3) is 0.100. The summed E-state index contributed by atoms with van der Waals surface area (Å²) in [5, 5.41) is 7.05. The van der Waals surface area contributed by atoms with Gasteiger partial charge in [-0.1, -0.05) is 54.1 Å². The fourth-order valence-electron chi connectivity index (χ4n) is 3.75. The molecule has 4 aromatic carbocycles. The van der Waals surface area contributed by atoms with Crippen LogP contribution < -0.4 is 24.5 Å². The molecule has 4 aromatic rings. The third kappa shape index (κ3) is 7.87. The molecule has 0 bridgehead atoms. The van der Waals surface area contributed by atoms with Crippen LogP contribution in [0.3, 0.4) is 0 Å². The molecular formula is C30H27ClN4O6S. The lowest BCUT2D eigenvalue weighted by Crippen LogP contribution is -2.39. The van der Waals surface area contributed by atoms with Crippen LogP contribution in [0.5, 0.6) is 11.5 Å². The van der Waals surface area contributed by atoms with Gasteiger partial charge in [-0.2, -0.15) is 5.10 Å². The Labute approximate surface area is 248 Å². The van der Waals surface area contributed by atoms with Gasteiger partial charge in [0.1, 0.15) is 18.0 Å². The second-order valence-electron chi connectivity index (χ2n) is 8.68. The van der Waals surface area contributed by atoms with Crippen LogP contribution >= 0.6 is 11.6 Å². The lowest BCUT2D eigenvalue weighted by Gasteiger charge is -2.25. The molecule has 0 aromatic heterocycles. The zero-order valence-electron chi connectivity index (χ0n) is 22.4. The molecule has 0 radical (unpaired) electrons. The Hall–Kier alpha value is -4.87. The molecule has 0 aliphatic carbocycles. The Kier molecular flexibility index (Phi) is 10.1. The minimum Gasteiger partial charge on any atom is -0.495 e. The predicted molar refractivity (Wildman–Crippen MR) is 162 cm³/mol. The predicted octanol–water partition coefficient (Wildman–Crippen LogP) is 4.71. The third-order valence-electron chi connectivity index (χ3n) is 5.77. The largest absolute Gasteiger partial charge is 0.495 e. The molecule has 0 saturated heterocycles. The molecular weight excluding hydrogens is 580 g/mol. The molecule has 2 N–H and O–H groups in total. The summed E-state index contributed by atoms with van der Waals surface area (Å²) in [6.45, 7) is -0.763. The highest BCUT2D eigenvalue weighted by atomic mass is 35.5. The normalized spacial score (nSPS) is 11.1. The number of anilines is 2. The van der Waals surface area contributed by atoms with Crippen molar-refractivity contribution in [3.05, 3.63) is 114 Å². The molecule has 2 amide bonds. The second-order valence-corrected chi connectivity index (χ2v) is 10.9. The monoisotopic (exact) mass is 606 g/mol. The number of benzene rings is 4. The number of hydrazone groups is 1. The van der Waals surface area contributed by atoms with Gasteiger partial charge in [0.05, 0.1) is 34.6 Å². The van der Waals surface area contributed by atoms with Gasteiger partial charge in [-0.05, 0) is 66.2 Å². The molecule has 0 spiro atoms. The van der Waals surface area contributed by atoms with Gasteiger partial charge in [0.2, 0.25) is 0 Å². The van der Waals surface area contributed by atoms with E-state index in [1.165, 1.54) is 25.5 Å². The minimum absolute atomic E-state index is 0.0239. The number of ether oxygens (including phenoxy) is 2. The number of hydrogen-bond acceptors (Lipinski definition) is 7. The van der Waals surface area contributed by atoms with Crippen LogP contribution in [0.4, 0.5) is 11.4 Å². The van der Waals surface area contributed by atoms with Crippen molar-refractivity contribution in [1.29, 1.82) is 0 Å². The Balaban J connectivity index is 1.36. The first-order valence-corrected chi connectivity index (χ1v) is 14.4. The van der Waals surface area contributed by atoms with Gasteiger partial charge < -0.3 is 14.8 Å². The summed E-state index contributed by atoms with van der Waals surface area (Å²) < 4.78 is 38.8. The average Bonchev–Trinajstić information content (AvgIpc) is 3.01. The maximum absolute atomic E-state index is 13.5. The second kappa shape index (κ2) is 14.2. The Morgan fingerprint density at radius 1 is 0.881 bits per heavy atom. The molecule has 0 atom stereocenters. The van der Waals surface area contributed by atoms with Crippen LogP contribution in [0.2, 0.25) is 5.02 Å². The van der Waals surface area contributed by atoms with Crippen LogP contribution in [0.1, 0.15) is 5.56 Å². The summed E-state index contributed by atoms with van der Waals surface area (Å²) in [5.41, 5.74) is 3.69. The van der Waals surface area contributed by atoms with E-state index in [0.29, 0.717) is 22.0 Å². The lowest BCUT2D eigenvalue weighted by atomic mass is 10.2. The first-order valence-electron chi connectivity index (χ1n) is 12.6. The molecule has 216 valence electrons. The van der Waals surface area contributed by atoms with E-state index in [1.54, 1.807) is 91.0 Å². The number of nitrogens with one attached hydrogen (secondary N) is 2. The number of amides is 2. The van der Waals surface area contributed by atoms with Crippen molar-refractivity contribution in [3.63, 3.8) is 0 Å². The maximum atomic E-state index is 13.5. The Bertz CT molecular complexity index is 1660. The zero-order valence-corrected chi connectivity index (χ0v) is 24.0. The maximum Gasteiger partial charge on any atom is 0.264 e. The topological polar surface area (TPSA) is 126 Å². The highest BCUT2D eigenvalue weighted by Crippen LogP contribution is 2.32. The van der Waals surface area contributed by atoms with Crippen LogP contribution in [-0.4, -0.2) is 46.7 Å². The quantitative estimate of drug-likeness (QED) is 0.178. The molecule has 12 heteroatoms. The van der Waals surface area contributed by atoms with Crippen LogP contribution in [0.25, 0.3) is 0 Å². The van der Waals surface area contributed by atoms with Crippen molar-refractivity contribution in [2.45, 2.75) is 4.90 Å². The lowest BCUT2D eigenvalue weighted by molar-refractivity contribution is -0.119. The summed E-state index contributed by atoms with van der Waals surface area (Å²) in [6, 6.07) is 27.8. The van der Waals surface area contributed by atoms with E-state index < -0.39 is 22.5 Å². The van der Waals surface area contributed by atoms with Gasteiger partial charge >= 0.3 is 0 Å². The third-order valence-corrected chi connectivity index (χ3v) is 7.88. The molecule has 10 nitrogen and oxygen atoms in total. The van der Waals surface area contributed by atoms with Crippen molar-refractivity contribution >= 4 is 51.0 Å². The first-order chi connectivity index (χ1) is 20.3. The van der Waals surface area contributed by atoms with Crippen molar-refractivity contribution in [3.8, 4) is 11.5 Å². The van der Waals surface area contributed by atoms with E-state index in [9.17, 15) is 18.0 Å². The summed E-state index contributed by atoms with van der Waals surface area (Å²) in [7, 11) is -2.68. The molecule has 0 fully saturated rings. The molecule has 0 saturated carbocycles. The highest BCUT2D eigenvalue weighted by Gasteiger charge is 2.29. The molecule has 0 aliphatic rings. The molecule has 0 unspecified atom stereocenters. The van der Waals surface area contributed by atoms with Gasteiger partial charge in [-0.3, -0.25) is 13.9 Å². The van der Waals surface area contributed by atoms with E-state index in [0.717, 1.165) is 4.31 Å². The van der Waals surface area contributed by atoms with E-state index in [2.05, 4.69) is 15.8 Å². The number of carbonyl (C=O) groups excluding carboxylic acids is 2. The number of carbonyl (C=O) groups is 2. The molecule has 42 heavy (non-hydrogen) atoms. The summed E-state index contributed by atoms with van der Waals surface area (Å²) in [6.07, 6.45) is 1.39. The number of para-hydroxylation sites is 3. The molecule has 0 aliphatic heterocycles. The van der Waals surface area contributed by atoms with E-state index >= 15 is 0 Å².